The Kier molecular flexibility index (Phi) is 5.35. The molecule has 100 valence electrons. The third-order valence-corrected chi connectivity index (χ3v) is 4.32. The van der Waals surface area contributed by atoms with E-state index < -0.39 is 0 Å². The van der Waals surface area contributed by atoms with E-state index in [0.717, 1.165) is 22.9 Å². The van der Waals surface area contributed by atoms with Crippen molar-refractivity contribution in [2.45, 2.75) is 39.2 Å². The Morgan fingerprint density at radius 2 is 2.00 bits per heavy atom. The highest BCUT2D eigenvalue weighted by Crippen LogP contribution is 2.17. The lowest BCUT2D eigenvalue weighted by Gasteiger charge is -2.26. The predicted molar refractivity (Wildman–Crippen MR) is 78.7 cm³/mol. The molecular formula is C14H21BrN2O. The Morgan fingerprint density at radius 3 is 2.50 bits per heavy atom. The molecule has 1 amide bonds. The fourth-order valence-electron chi connectivity index (χ4n) is 1.64. The molecular weight excluding hydrogens is 292 g/mol. The summed E-state index contributed by atoms with van der Waals surface area (Å²) in [4.78, 5) is 12.0. The number of nitrogens with one attached hydrogen (secondary N) is 1. The van der Waals surface area contributed by atoms with E-state index in [0.29, 0.717) is 12.1 Å². The van der Waals surface area contributed by atoms with E-state index in [1.54, 1.807) is 0 Å². The Bertz CT molecular complexity index is 428. The fourth-order valence-corrected chi connectivity index (χ4v) is 1.89. The third kappa shape index (κ3) is 3.82. The summed E-state index contributed by atoms with van der Waals surface area (Å²) >= 11 is 3.42. The van der Waals surface area contributed by atoms with Crippen molar-refractivity contribution in [2.24, 2.45) is 5.73 Å². The van der Waals surface area contributed by atoms with Gasteiger partial charge in [-0.15, -0.1) is 0 Å². The van der Waals surface area contributed by atoms with Crippen LogP contribution < -0.4 is 11.1 Å². The zero-order chi connectivity index (χ0) is 13.8. The zero-order valence-electron chi connectivity index (χ0n) is 11.2. The summed E-state index contributed by atoms with van der Waals surface area (Å²) in [5.41, 5.74) is 7.57. The highest BCUT2D eigenvalue weighted by molar-refractivity contribution is 9.10. The van der Waals surface area contributed by atoms with Crippen LogP contribution in [0.15, 0.2) is 22.7 Å². The standard InChI is InChI=1S/C14H21BrN2O/c1-4-14(16,5-2)9-17-13(18)11-6-7-12(15)10(3)8-11/h6-8H,4-5,9,16H2,1-3H3,(H,17,18). The molecule has 0 heterocycles. The van der Waals surface area contributed by atoms with Gasteiger partial charge in [0.05, 0.1) is 0 Å². The number of nitrogens with two attached hydrogens (primary N) is 1. The van der Waals surface area contributed by atoms with Crippen molar-refractivity contribution in [3.8, 4) is 0 Å². The summed E-state index contributed by atoms with van der Waals surface area (Å²) in [5, 5.41) is 2.91. The molecule has 0 bridgehead atoms. The van der Waals surface area contributed by atoms with Crippen molar-refractivity contribution in [3.05, 3.63) is 33.8 Å². The third-order valence-electron chi connectivity index (χ3n) is 3.43. The Labute approximate surface area is 117 Å². The molecule has 0 spiro atoms. The summed E-state index contributed by atoms with van der Waals surface area (Å²) in [6.07, 6.45) is 1.70. The van der Waals surface area contributed by atoms with Crippen molar-refractivity contribution >= 4 is 21.8 Å². The summed E-state index contributed by atoms with van der Waals surface area (Å²) < 4.78 is 1.01. The van der Waals surface area contributed by atoms with Crippen LogP contribution in [0.3, 0.4) is 0 Å². The Morgan fingerprint density at radius 1 is 1.39 bits per heavy atom. The maximum Gasteiger partial charge on any atom is 0.251 e. The van der Waals surface area contributed by atoms with Gasteiger partial charge in [0.25, 0.3) is 5.91 Å². The molecule has 0 saturated carbocycles. The van der Waals surface area contributed by atoms with E-state index in [4.69, 9.17) is 5.73 Å². The van der Waals surface area contributed by atoms with E-state index in [1.165, 1.54) is 0 Å². The zero-order valence-corrected chi connectivity index (χ0v) is 12.8. The highest BCUT2D eigenvalue weighted by atomic mass is 79.9. The van der Waals surface area contributed by atoms with Crippen LogP contribution in [0.1, 0.15) is 42.6 Å². The Hall–Kier alpha value is -0.870. The van der Waals surface area contributed by atoms with Gasteiger partial charge in [0.1, 0.15) is 0 Å². The number of rotatable bonds is 5. The number of benzene rings is 1. The second kappa shape index (κ2) is 6.34. The summed E-state index contributed by atoms with van der Waals surface area (Å²) in [7, 11) is 0. The molecule has 0 unspecified atom stereocenters. The minimum Gasteiger partial charge on any atom is -0.350 e. The van der Waals surface area contributed by atoms with Crippen LogP contribution in [0.25, 0.3) is 0 Å². The van der Waals surface area contributed by atoms with Gasteiger partial charge in [0.15, 0.2) is 0 Å². The molecule has 1 aromatic carbocycles. The van der Waals surface area contributed by atoms with Gasteiger partial charge < -0.3 is 11.1 Å². The lowest BCUT2D eigenvalue weighted by Crippen LogP contribution is -2.49. The normalized spacial score (nSPS) is 11.4. The van der Waals surface area contributed by atoms with E-state index in [1.807, 2.05) is 39.0 Å². The van der Waals surface area contributed by atoms with Crippen molar-refractivity contribution in [1.82, 2.24) is 5.32 Å². The number of hydrogen-bond acceptors (Lipinski definition) is 2. The lowest BCUT2D eigenvalue weighted by atomic mass is 9.94. The number of carbonyl (C=O) groups is 1. The average Bonchev–Trinajstić information content (AvgIpc) is 2.38. The van der Waals surface area contributed by atoms with Gasteiger partial charge in [0.2, 0.25) is 0 Å². The molecule has 0 radical (unpaired) electrons. The van der Waals surface area contributed by atoms with Crippen LogP contribution in [0.5, 0.6) is 0 Å². The minimum atomic E-state index is -0.305. The maximum absolute atomic E-state index is 12.0. The van der Waals surface area contributed by atoms with Crippen LogP contribution in [-0.4, -0.2) is 18.0 Å². The second-order valence-electron chi connectivity index (χ2n) is 4.72. The molecule has 0 fully saturated rings. The molecule has 18 heavy (non-hydrogen) atoms. The topological polar surface area (TPSA) is 55.1 Å². The molecule has 0 aliphatic rings. The quantitative estimate of drug-likeness (QED) is 0.878. The minimum absolute atomic E-state index is 0.0673. The van der Waals surface area contributed by atoms with E-state index in [9.17, 15) is 4.79 Å². The van der Waals surface area contributed by atoms with Crippen LogP contribution in [-0.2, 0) is 0 Å². The second-order valence-corrected chi connectivity index (χ2v) is 5.57. The number of aryl methyl sites for hydroxylation is 1. The number of amides is 1. The largest absolute Gasteiger partial charge is 0.350 e. The van der Waals surface area contributed by atoms with Crippen LogP contribution >= 0.6 is 15.9 Å². The van der Waals surface area contributed by atoms with Crippen LogP contribution in [0.2, 0.25) is 0 Å². The molecule has 0 aliphatic heterocycles. The van der Waals surface area contributed by atoms with Gasteiger partial charge >= 0.3 is 0 Å². The fraction of sp³-hybridized carbons (Fsp3) is 0.500. The number of carbonyl (C=O) groups excluding carboxylic acids is 1. The molecule has 0 aliphatic carbocycles. The predicted octanol–water partition coefficient (Wildman–Crippen LogP) is 3.00. The van der Waals surface area contributed by atoms with Crippen molar-refractivity contribution in [2.75, 3.05) is 6.54 Å². The first-order chi connectivity index (χ1) is 8.41. The molecule has 1 aromatic rings. The maximum atomic E-state index is 12.0. The van der Waals surface area contributed by atoms with Crippen molar-refractivity contribution < 1.29 is 4.79 Å². The van der Waals surface area contributed by atoms with E-state index >= 15 is 0 Å². The lowest BCUT2D eigenvalue weighted by molar-refractivity contribution is 0.0942. The highest BCUT2D eigenvalue weighted by Gasteiger charge is 2.21. The summed E-state index contributed by atoms with van der Waals surface area (Å²) in [6.45, 7) is 6.55. The van der Waals surface area contributed by atoms with Gasteiger partial charge in [-0.3, -0.25) is 4.79 Å². The SMILES string of the molecule is CCC(N)(CC)CNC(=O)c1ccc(Br)c(C)c1. The first-order valence-electron chi connectivity index (χ1n) is 6.25. The molecule has 0 aromatic heterocycles. The smallest absolute Gasteiger partial charge is 0.251 e. The molecule has 3 N–H and O–H groups in total. The average molecular weight is 313 g/mol. The molecule has 0 saturated heterocycles. The monoisotopic (exact) mass is 312 g/mol. The summed E-state index contributed by atoms with van der Waals surface area (Å²) in [5.74, 6) is -0.0673. The van der Waals surface area contributed by atoms with Crippen molar-refractivity contribution in [1.29, 1.82) is 0 Å². The Balaban J connectivity index is 2.68. The van der Waals surface area contributed by atoms with Crippen molar-refractivity contribution in [3.63, 3.8) is 0 Å². The molecule has 0 atom stereocenters. The van der Waals surface area contributed by atoms with Gasteiger partial charge in [-0.25, -0.2) is 0 Å². The number of hydrogen-bond donors (Lipinski definition) is 2. The van der Waals surface area contributed by atoms with Crippen LogP contribution in [0.4, 0.5) is 0 Å². The van der Waals surface area contributed by atoms with Gasteiger partial charge in [-0.1, -0.05) is 29.8 Å². The number of halogens is 1. The summed E-state index contributed by atoms with van der Waals surface area (Å²) in [6, 6.07) is 5.57. The first-order valence-corrected chi connectivity index (χ1v) is 7.04. The molecule has 4 heteroatoms. The molecule has 1 rings (SSSR count). The van der Waals surface area contributed by atoms with Gasteiger partial charge in [0, 0.05) is 22.1 Å². The van der Waals surface area contributed by atoms with Gasteiger partial charge in [-0.05, 0) is 43.5 Å². The van der Waals surface area contributed by atoms with E-state index in [2.05, 4.69) is 21.2 Å². The first kappa shape index (κ1) is 15.2. The molecule has 3 nitrogen and oxygen atoms in total. The van der Waals surface area contributed by atoms with E-state index in [-0.39, 0.29) is 11.4 Å². The van der Waals surface area contributed by atoms with Gasteiger partial charge in [-0.2, -0.15) is 0 Å². The van der Waals surface area contributed by atoms with Crippen LogP contribution in [0, 0.1) is 6.92 Å².